The number of nitrogens with one attached hydrogen (secondary N) is 1. The Balaban J connectivity index is 1.98. The van der Waals surface area contributed by atoms with Crippen molar-refractivity contribution in [2.75, 3.05) is 18.5 Å². The lowest BCUT2D eigenvalue weighted by Crippen LogP contribution is -2.18. The second-order valence-electron chi connectivity index (χ2n) is 3.05. The van der Waals surface area contributed by atoms with Crippen LogP contribution in [0.3, 0.4) is 0 Å². The topological polar surface area (TPSA) is 71.5 Å². The molecule has 1 aliphatic rings. The number of carbonyl (C=O) groups is 1. The molecule has 1 aromatic heterocycles. The van der Waals surface area contributed by atoms with E-state index in [0.717, 1.165) is 13.0 Å². The molecule has 14 heavy (non-hydrogen) atoms. The van der Waals surface area contributed by atoms with Crippen LogP contribution >= 0.6 is 11.3 Å². The standard InChI is InChI=1S/C8H10N2O3S/c11-7(12)6-4-14-8(10-6)9-5-1-2-13-3-5/h4-5H,1-3H2,(H,9,10)(H,11,12). The van der Waals surface area contributed by atoms with Gasteiger partial charge in [-0.1, -0.05) is 0 Å². The normalized spacial score (nSPS) is 21.0. The number of rotatable bonds is 3. The Morgan fingerprint density at radius 3 is 3.21 bits per heavy atom. The largest absolute Gasteiger partial charge is 0.476 e. The quantitative estimate of drug-likeness (QED) is 0.786. The first-order valence-electron chi connectivity index (χ1n) is 4.29. The summed E-state index contributed by atoms with van der Waals surface area (Å²) in [4.78, 5) is 14.5. The van der Waals surface area contributed by atoms with Crippen LogP contribution in [-0.4, -0.2) is 35.3 Å². The molecule has 1 unspecified atom stereocenters. The first-order valence-corrected chi connectivity index (χ1v) is 5.17. The minimum Gasteiger partial charge on any atom is -0.476 e. The van der Waals surface area contributed by atoms with Gasteiger partial charge < -0.3 is 15.2 Å². The van der Waals surface area contributed by atoms with Crippen LogP contribution in [0.5, 0.6) is 0 Å². The Kier molecular flexibility index (Phi) is 2.64. The fourth-order valence-corrected chi connectivity index (χ4v) is 2.02. The molecular weight excluding hydrogens is 204 g/mol. The van der Waals surface area contributed by atoms with Crippen molar-refractivity contribution in [3.05, 3.63) is 11.1 Å². The number of carboxylic acids is 1. The van der Waals surface area contributed by atoms with E-state index in [0.29, 0.717) is 11.7 Å². The summed E-state index contributed by atoms with van der Waals surface area (Å²) in [6, 6.07) is 0.266. The molecule has 1 atom stereocenters. The summed E-state index contributed by atoms with van der Waals surface area (Å²) in [6.07, 6.45) is 0.946. The summed E-state index contributed by atoms with van der Waals surface area (Å²) in [6.45, 7) is 1.43. The zero-order chi connectivity index (χ0) is 9.97. The molecule has 1 fully saturated rings. The number of thiazole rings is 1. The highest BCUT2D eigenvalue weighted by Gasteiger charge is 2.17. The molecule has 2 N–H and O–H groups in total. The number of ether oxygens (including phenoxy) is 1. The number of hydrogen-bond acceptors (Lipinski definition) is 5. The third kappa shape index (κ3) is 2.02. The van der Waals surface area contributed by atoms with Gasteiger partial charge >= 0.3 is 5.97 Å². The molecule has 2 rings (SSSR count). The van der Waals surface area contributed by atoms with E-state index in [9.17, 15) is 4.79 Å². The number of carboxylic acid groups (broad SMARTS) is 1. The molecule has 0 aromatic carbocycles. The monoisotopic (exact) mass is 214 g/mol. The van der Waals surface area contributed by atoms with Crippen LogP contribution in [0.25, 0.3) is 0 Å². The predicted octanol–water partition coefficient (Wildman–Crippen LogP) is 1.04. The van der Waals surface area contributed by atoms with Crippen LogP contribution < -0.4 is 5.32 Å². The van der Waals surface area contributed by atoms with Crippen LogP contribution in [-0.2, 0) is 4.74 Å². The fraction of sp³-hybridized carbons (Fsp3) is 0.500. The number of anilines is 1. The van der Waals surface area contributed by atoms with Gasteiger partial charge in [0.2, 0.25) is 0 Å². The Hall–Kier alpha value is -1.14. The molecule has 1 aliphatic heterocycles. The molecule has 5 nitrogen and oxygen atoms in total. The summed E-state index contributed by atoms with van der Waals surface area (Å²) >= 11 is 1.31. The third-order valence-electron chi connectivity index (χ3n) is 1.98. The molecule has 0 amide bonds. The Labute approximate surface area is 84.7 Å². The Morgan fingerprint density at radius 1 is 1.79 bits per heavy atom. The van der Waals surface area contributed by atoms with Crippen LogP contribution in [0.15, 0.2) is 5.38 Å². The summed E-state index contributed by atoms with van der Waals surface area (Å²) in [7, 11) is 0. The molecule has 1 aromatic rings. The van der Waals surface area contributed by atoms with Crippen LogP contribution in [0.1, 0.15) is 16.9 Å². The molecule has 1 saturated heterocycles. The van der Waals surface area contributed by atoms with E-state index in [1.54, 1.807) is 0 Å². The molecule has 0 bridgehead atoms. The van der Waals surface area contributed by atoms with E-state index in [4.69, 9.17) is 9.84 Å². The SMILES string of the molecule is O=C(O)c1csc(NC2CCOC2)n1. The highest BCUT2D eigenvalue weighted by molar-refractivity contribution is 7.13. The summed E-state index contributed by atoms with van der Waals surface area (Å²) in [5, 5.41) is 14.0. The number of aromatic nitrogens is 1. The zero-order valence-corrected chi connectivity index (χ0v) is 8.21. The molecule has 76 valence electrons. The first kappa shape index (κ1) is 9.42. The van der Waals surface area contributed by atoms with Crippen LogP contribution in [0.4, 0.5) is 5.13 Å². The van der Waals surface area contributed by atoms with Gasteiger partial charge in [0.15, 0.2) is 10.8 Å². The van der Waals surface area contributed by atoms with Crippen molar-refractivity contribution < 1.29 is 14.6 Å². The molecule has 0 radical (unpaired) electrons. The highest BCUT2D eigenvalue weighted by Crippen LogP contribution is 2.18. The Morgan fingerprint density at radius 2 is 2.64 bits per heavy atom. The molecule has 0 spiro atoms. The molecular formula is C8H10N2O3S. The molecule has 0 saturated carbocycles. The number of aromatic carboxylic acids is 1. The first-order chi connectivity index (χ1) is 6.75. The number of nitrogens with zero attached hydrogens (tertiary/aromatic N) is 1. The predicted molar refractivity (Wildman–Crippen MR) is 51.9 cm³/mol. The van der Waals surface area contributed by atoms with E-state index >= 15 is 0 Å². The van der Waals surface area contributed by atoms with Crippen molar-refractivity contribution in [3.8, 4) is 0 Å². The molecule has 0 aliphatic carbocycles. The van der Waals surface area contributed by atoms with Crippen molar-refractivity contribution in [1.29, 1.82) is 0 Å². The van der Waals surface area contributed by atoms with Gasteiger partial charge in [0.05, 0.1) is 12.6 Å². The lowest BCUT2D eigenvalue weighted by atomic mass is 10.3. The Bertz CT molecular complexity index is 333. The van der Waals surface area contributed by atoms with Crippen molar-refractivity contribution in [1.82, 2.24) is 4.98 Å². The molecule has 6 heteroatoms. The fourth-order valence-electron chi connectivity index (χ4n) is 1.26. The van der Waals surface area contributed by atoms with Gasteiger partial charge in [-0.2, -0.15) is 0 Å². The maximum Gasteiger partial charge on any atom is 0.355 e. The number of hydrogen-bond donors (Lipinski definition) is 2. The highest BCUT2D eigenvalue weighted by atomic mass is 32.1. The zero-order valence-electron chi connectivity index (χ0n) is 7.40. The van der Waals surface area contributed by atoms with Gasteiger partial charge in [0.1, 0.15) is 0 Å². The maximum atomic E-state index is 10.5. The smallest absolute Gasteiger partial charge is 0.355 e. The van der Waals surface area contributed by atoms with Gasteiger partial charge in [-0.3, -0.25) is 0 Å². The molecule has 2 heterocycles. The second kappa shape index (κ2) is 3.93. The van der Waals surface area contributed by atoms with Gasteiger partial charge in [0, 0.05) is 12.0 Å². The summed E-state index contributed by atoms with van der Waals surface area (Å²) in [5.41, 5.74) is 0.0939. The lowest BCUT2D eigenvalue weighted by Gasteiger charge is -2.07. The third-order valence-corrected chi connectivity index (χ3v) is 2.75. The van der Waals surface area contributed by atoms with E-state index in [2.05, 4.69) is 10.3 Å². The van der Waals surface area contributed by atoms with E-state index in [1.165, 1.54) is 16.7 Å². The minimum atomic E-state index is -0.989. The lowest BCUT2D eigenvalue weighted by molar-refractivity contribution is 0.0691. The van der Waals surface area contributed by atoms with Crippen molar-refractivity contribution in [2.45, 2.75) is 12.5 Å². The van der Waals surface area contributed by atoms with Gasteiger partial charge in [-0.05, 0) is 6.42 Å². The summed E-state index contributed by atoms with van der Waals surface area (Å²) in [5.74, 6) is -0.989. The van der Waals surface area contributed by atoms with Gasteiger partial charge in [-0.15, -0.1) is 11.3 Å². The van der Waals surface area contributed by atoms with E-state index < -0.39 is 5.97 Å². The maximum absolute atomic E-state index is 10.5. The van der Waals surface area contributed by atoms with E-state index in [-0.39, 0.29) is 11.7 Å². The van der Waals surface area contributed by atoms with Crippen molar-refractivity contribution >= 4 is 22.4 Å². The van der Waals surface area contributed by atoms with Crippen LogP contribution in [0, 0.1) is 0 Å². The average Bonchev–Trinajstić information content (AvgIpc) is 2.75. The second-order valence-corrected chi connectivity index (χ2v) is 3.91. The van der Waals surface area contributed by atoms with Gasteiger partial charge in [0.25, 0.3) is 0 Å². The van der Waals surface area contributed by atoms with E-state index in [1.807, 2.05) is 0 Å². The van der Waals surface area contributed by atoms with Crippen molar-refractivity contribution in [2.24, 2.45) is 0 Å². The average molecular weight is 214 g/mol. The van der Waals surface area contributed by atoms with Crippen molar-refractivity contribution in [3.63, 3.8) is 0 Å². The summed E-state index contributed by atoms with van der Waals surface area (Å²) < 4.78 is 5.18. The minimum absolute atomic E-state index is 0.0939. The van der Waals surface area contributed by atoms with Crippen LogP contribution in [0.2, 0.25) is 0 Å². The van der Waals surface area contributed by atoms with Gasteiger partial charge in [-0.25, -0.2) is 9.78 Å².